The minimum atomic E-state index is -0.197. The molecule has 0 amide bonds. The van der Waals surface area contributed by atoms with Crippen molar-refractivity contribution in [2.24, 2.45) is 0 Å². The summed E-state index contributed by atoms with van der Waals surface area (Å²) in [7, 11) is 1.70. The molecule has 0 fully saturated rings. The largest absolute Gasteiger partial charge is 0.385 e. The van der Waals surface area contributed by atoms with Gasteiger partial charge in [0.2, 0.25) is 5.95 Å². The van der Waals surface area contributed by atoms with Crippen LogP contribution in [0.4, 0.5) is 10.3 Å². The molecular weight excluding hydrogens is 257 g/mol. The van der Waals surface area contributed by atoms with Crippen LogP contribution in [-0.2, 0) is 17.7 Å². The summed E-state index contributed by atoms with van der Waals surface area (Å²) in [5.41, 5.74) is 1.12. The Balaban J connectivity index is 1.83. The Labute approximate surface area is 118 Å². The normalized spacial score (nSPS) is 10.7. The molecule has 20 heavy (non-hydrogen) atoms. The van der Waals surface area contributed by atoms with E-state index in [1.165, 1.54) is 12.1 Å². The third-order valence-electron chi connectivity index (χ3n) is 3.08. The predicted octanol–water partition coefficient (Wildman–Crippen LogP) is 2.71. The first-order chi connectivity index (χ1) is 9.79. The number of methoxy groups -OCH3 is 1. The minimum absolute atomic E-state index is 0.197. The molecule has 1 N–H and O–H groups in total. The molecule has 0 aliphatic heterocycles. The fraction of sp³-hybridized carbons (Fsp3) is 0.400. The minimum Gasteiger partial charge on any atom is -0.385 e. The zero-order chi connectivity index (χ0) is 14.2. The molecule has 5 heteroatoms. The van der Waals surface area contributed by atoms with Crippen LogP contribution in [-0.4, -0.2) is 29.8 Å². The average molecular weight is 277 g/mol. The third kappa shape index (κ3) is 4.35. The van der Waals surface area contributed by atoms with Gasteiger partial charge in [-0.2, -0.15) is 0 Å². The van der Waals surface area contributed by atoms with Crippen molar-refractivity contribution in [2.75, 3.05) is 25.6 Å². The first-order valence-corrected chi connectivity index (χ1v) is 6.78. The van der Waals surface area contributed by atoms with Gasteiger partial charge < -0.3 is 14.6 Å². The Kier molecular flexibility index (Phi) is 5.55. The highest BCUT2D eigenvalue weighted by Crippen LogP contribution is 2.09. The predicted molar refractivity (Wildman–Crippen MR) is 77.3 cm³/mol. The van der Waals surface area contributed by atoms with Crippen LogP contribution in [0.5, 0.6) is 0 Å². The lowest BCUT2D eigenvalue weighted by atomic mass is 10.1. The van der Waals surface area contributed by atoms with Gasteiger partial charge in [0.15, 0.2) is 0 Å². The molecule has 0 bridgehead atoms. The molecule has 0 atom stereocenters. The number of hydrogen-bond acceptors (Lipinski definition) is 3. The molecule has 0 aliphatic carbocycles. The zero-order valence-electron chi connectivity index (χ0n) is 11.7. The number of nitrogens with one attached hydrogen (secondary N) is 1. The number of imidazole rings is 1. The van der Waals surface area contributed by atoms with E-state index in [1.54, 1.807) is 13.3 Å². The summed E-state index contributed by atoms with van der Waals surface area (Å²) < 4.78 is 19.9. The number of ether oxygens (including phenoxy) is 1. The van der Waals surface area contributed by atoms with Crippen molar-refractivity contribution < 1.29 is 9.13 Å². The maximum Gasteiger partial charge on any atom is 0.202 e. The molecule has 108 valence electrons. The highest BCUT2D eigenvalue weighted by Gasteiger charge is 2.02. The standard InChI is InChI=1S/C15H20FN3O/c1-20-12-2-8-17-15-18-9-11-19(15)10-7-13-3-5-14(16)6-4-13/h3-6,9,11H,2,7-8,10,12H2,1H3,(H,17,18). The summed E-state index contributed by atoms with van der Waals surface area (Å²) in [6.07, 6.45) is 5.52. The number of rotatable bonds is 8. The second-order valence-corrected chi connectivity index (χ2v) is 4.59. The summed E-state index contributed by atoms with van der Waals surface area (Å²) in [6, 6.07) is 6.62. The van der Waals surface area contributed by atoms with Gasteiger partial charge in [-0.25, -0.2) is 9.37 Å². The Morgan fingerprint density at radius 3 is 2.85 bits per heavy atom. The van der Waals surface area contributed by atoms with Gasteiger partial charge in [0, 0.05) is 39.2 Å². The molecule has 0 saturated heterocycles. The number of anilines is 1. The van der Waals surface area contributed by atoms with Gasteiger partial charge in [-0.15, -0.1) is 0 Å². The van der Waals surface area contributed by atoms with Crippen molar-refractivity contribution in [2.45, 2.75) is 19.4 Å². The van der Waals surface area contributed by atoms with E-state index >= 15 is 0 Å². The summed E-state index contributed by atoms with van der Waals surface area (Å²) in [5, 5.41) is 3.29. The molecule has 0 spiro atoms. The van der Waals surface area contributed by atoms with Crippen molar-refractivity contribution in [3.05, 3.63) is 48.0 Å². The number of nitrogens with zero attached hydrogens (tertiary/aromatic N) is 2. The number of benzene rings is 1. The summed E-state index contributed by atoms with van der Waals surface area (Å²) in [5.74, 6) is 0.667. The maximum atomic E-state index is 12.8. The lowest BCUT2D eigenvalue weighted by Crippen LogP contribution is -2.11. The quantitative estimate of drug-likeness (QED) is 0.754. The van der Waals surface area contributed by atoms with Gasteiger partial charge in [-0.3, -0.25) is 0 Å². The highest BCUT2D eigenvalue weighted by atomic mass is 19.1. The molecule has 0 saturated carbocycles. The van der Waals surface area contributed by atoms with Gasteiger partial charge in [0.1, 0.15) is 5.82 Å². The Bertz CT molecular complexity index is 510. The molecule has 0 radical (unpaired) electrons. The summed E-state index contributed by atoms with van der Waals surface area (Å²) >= 11 is 0. The van der Waals surface area contributed by atoms with Gasteiger partial charge >= 0.3 is 0 Å². The van der Waals surface area contributed by atoms with Crippen molar-refractivity contribution in [3.8, 4) is 0 Å². The molecule has 1 aromatic carbocycles. The number of halogens is 1. The van der Waals surface area contributed by atoms with Crippen LogP contribution in [0, 0.1) is 5.82 Å². The van der Waals surface area contributed by atoms with E-state index < -0.39 is 0 Å². The average Bonchev–Trinajstić information content (AvgIpc) is 2.90. The van der Waals surface area contributed by atoms with Crippen LogP contribution < -0.4 is 5.32 Å². The molecule has 2 rings (SSSR count). The Morgan fingerprint density at radius 1 is 1.30 bits per heavy atom. The van der Waals surface area contributed by atoms with E-state index in [2.05, 4.69) is 14.9 Å². The van der Waals surface area contributed by atoms with Crippen molar-refractivity contribution in [1.82, 2.24) is 9.55 Å². The van der Waals surface area contributed by atoms with Crippen LogP contribution in [0.2, 0.25) is 0 Å². The third-order valence-corrected chi connectivity index (χ3v) is 3.08. The zero-order valence-corrected chi connectivity index (χ0v) is 11.7. The fourth-order valence-electron chi connectivity index (χ4n) is 1.97. The van der Waals surface area contributed by atoms with E-state index in [0.29, 0.717) is 0 Å². The second-order valence-electron chi connectivity index (χ2n) is 4.59. The number of aromatic nitrogens is 2. The Morgan fingerprint density at radius 2 is 2.10 bits per heavy atom. The smallest absolute Gasteiger partial charge is 0.202 e. The lowest BCUT2D eigenvalue weighted by Gasteiger charge is -2.09. The molecule has 0 unspecified atom stereocenters. The first kappa shape index (κ1) is 14.5. The van der Waals surface area contributed by atoms with Crippen LogP contribution in [0.25, 0.3) is 0 Å². The molecule has 2 aromatic rings. The Hall–Kier alpha value is -1.88. The SMILES string of the molecule is COCCCNc1nccn1CCc1ccc(F)cc1. The molecule has 0 aliphatic rings. The van der Waals surface area contributed by atoms with Crippen molar-refractivity contribution in [3.63, 3.8) is 0 Å². The van der Waals surface area contributed by atoms with Crippen LogP contribution in [0.15, 0.2) is 36.7 Å². The van der Waals surface area contributed by atoms with Crippen molar-refractivity contribution >= 4 is 5.95 Å². The number of aryl methyl sites for hydroxylation is 2. The summed E-state index contributed by atoms with van der Waals surface area (Å²) in [6.45, 7) is 2.39. The monoisotopic (exact) mass is 277 g/mol. The molecule has 1 aromatic heterocycles. The first-order valence-electron chi connectivity index (χ1n) is 6.78. The van der Waals surface area contributed by atoms with Gasteiger partial charge in [-0.1, -0.05) is 12.1 Å². The van der Waals surface area contributed by atoms with Crippen LogP contribution in [0.3, 0.4) is 0 Å². The van der Waals surface area contributed by atoms with Crippen molar-refractivity contribution in [1.29, 1.82) is 0 Å². The number of hydrogen-bond donors (Lipinski definition) is 1. The van der Waals surface area contributed by atoms with E-state index in [-0.39, 0.29) is 5.82 Å². The molecular formula is C15H20FN3O. The van der Waals surface area contributed by atoms with E-state index in [4.69, 9.17) is 4.74 Å². The van der Waals surface area contributed by atoms with E-state index in [0.717, 1.165) is 44.0 Å². The van der Waals surface area contributed by atoms with Gasteiger partial charge in [-0.05, 0) is 30.5 Å². The molecule has 1 heterocycles. The summed E-state index contributed by atoms with van der Waals surface area (Å²) in [4.78, 5) is 4.29. The van der Waals surface area contributed by atoms with Gasteiger partial charge in [0.25, 0.3) is 0 Å². The van der Waals surface area contributed by atoms with Crippen LogP contribution >= 0.6 is 0 Å². The highest BCUT2D eigenvalue weighted by molar-refractivity contribution is 5.26. The second kappa shape index (κ2) is 7.65. The maximum absolute atomic E-state index is 12.8. The van der Waals surface area contributed by atoms with E-state index in [9.17, 15) is 4.39 Å². The van der Waals surface area contributed by atoms with E-state index in [1.807, 2.05) is 18.3 Å². The molecule has 4 nitrogen and oxygen atoms in total. The van der Waals surface area contributed by atoms with Gasteiger partial charge in [0.05, 0.1) is 0 Å². The fourth-order valence-corrected chi connectivity index (χ4v) is 1.97. The lowest BCUT2D eigenvalue weighted by molar-refractivity contribution is 0.197. The van der Waals surface area contributed by atoms with Crippen LogP contribution in [0.1, 0.15) is 12.0 Å². The topological polar surface area (TPSA) is 39.1 Å².